The quantitative estimate of drug-likeness (QED) is 0.615. The highest BCUT2D eigenvalue weighted by Gasteiger charge is 2.06. The minimum Gasteiger partial charge on any atom is -0.477 e. The summed E-state index contributed by atoms with van der Waals surface area (Å²) < 4.78 is 5.69. The van der Waals surface area contributed by atoms with E-state index < -0.39 is 0 Å². The minimum atomic E-state index is 0.451. The Bertz CT molecular complexity index is 578. The van der Waals surface area contributed by atoms with Gasteiger partial charge in [0.15, 0.2) is 0 Å². The third-order valence-corrected chi connectivity index (χ3v) is 3.05. The molecule has 0 aliphatic carbocycles. The lowest BCUT2D eigenvalue weighted by Gasteiger charge is -2.12. The van der Waals surface area contributed by atoms with E-state index in [9.17, 15) is 0 Å². The molecule has 0 saturated heterocycles. The largest absolute Gasteiger partial charge is 0.477 e. The van der Waals surface area contributed by atoms with Gasteiger partial charge in [0.1, 0.15) is 0 Å². The lowest BCUT2D eigenvalue weighted by atomic mass is 10.1. The molecule has 0 atom stereocenters. The molecule has 0 aliphatic rings. The molecule has 0 saturated carbocycles. The van der Waals surface area contributed by atoms with Gasteiger partial charge in [-0.25, -0.2) is 4.98 Å². The molecule has 3 heteroatoms. The Morgan fingerprint density at radius 3 is 2.90 bits per heavy atom. The molecule has 1 N–H and O–H groups in total. The molecular formula is C17H22N2O. The first kappa shape index (κ1) is 14.5. The standard InChI is InChI=1S/C17H22N2O/c1-4-5-10-20-17-11-14(12-18-13(2)3)15-8-6-7-9-16(15)19-17/h4,6-9,11,13,18H,1,5,10,12H2,2-3H3. The Hall–Kier alpha value is -1.87. The second-order valence-corrected chi connectivity index (χ2v) is 5.10. The Morgan fingerprint density at radius 2 is 2.15 bits per heavy atom. The molecule has 0 aliphatic heterocycles. The van der Waals surface area contributed by atoms with Gasteiger partial charge in [-0.05, 0) is 18.1 Å². The summed E-state index contributed by atoms with van der Waals surface area (Å²) in [6.45, 7) is 9.42. The summed E-state index contributed by atoms with van der Waals surface area (Å²) >= 11 is 0. The van der Waals surface area contributed by atoms with Crippen molar-refractivity contribution in [2.45, 2.75) is 32.9 Å². The van der Waals surface area contributed by atoms with E-state index in [1.54, 1.807) is 0 Å². The van der Waals surface area contributed by atoms with Crippen molar-refractivity contribution in [1.82, 2.24) is 10.3 Å². The SMILES string of the molecule is C=CCCOc1cc(CNC(C)C)c2ccccc2n1. The Balaban J connectivity index is 2.28. The first-order valence-electron chi connectivity index (χ1n) is 7.06. The molecule has 0 spiro atoms. The molecule has 1 heterocycles. The van der Waals surface area contributed by atoms with Gasteiger partial charge < -0.3 is 10.1 Å². The molecule has 0 bridgehead atoms. The van der Waals surface area contributed by atoms with Gasteiger partial charge >= 0.3 is 0 Å². The van der Waals surface area contributed by atoms with Gasteiger partial charge in [-0.2, -0.15) is 0 Å². The van der Waals surface area contributed by atoms with Crippen LogP contribution in [0.5, 0.6) is 5.88 Å². The number of para-hydroxylation sites is 1. The fraction of sp³-hybridized carbons (Fsp3) is 0.353. The smallest absolute Gasteiger partial charge is 0.214 e. The number of nitrogens with zero attached hydrogens (tertiary/aromatic N) is 1. The Labute approximate surface area is 120 Å². The van der Waals surface area contributed by atoms with E-state index in [-0.39, 0.29) is 0 Å². The van der Waals surface area contributed by atoms with E-state index >= 15 is 0 Å². The molecule has 0 radical (unpaired) electrons. The van der Waals surface area contributed by atoms with Gasteiger partial charge in [-0.1, -0.05) is 38.1 Å². The van der Waals surface area contributed by atoms with Crippen LogP contribution >= 0.6 is 0 Å². The third kappa shape index (κ3) is 3.81. The van der Waals surface area contributed by atoms with Crippen molar-refractivity contribution < 1.29 is 4.74 Å². The highest BCUT2D eigenvalue weighted by atomic mass is 16.5. The normalized spacial score (nSPS) is 10.9. The predicted octanol–water partition coefficient (Wildman–Crippen LogP) is 3.69. The zero-order valence-corrected chi connectivity index (χ0v) is 12.2. The van der Waals surface area contributed by atoms with Gasteiger partial charge in [-0.15, -0.1) is 6.58 Å². The minimum absolute atomic E-state index is 0.451. The summed E-state index contributed by atoms with van der Waals surface area (Å²) in [4.78, 5) is 4.55. The Kier molecular flexibility index (Phi) is 5.13. The maximum Gasteiger partial charge on any atom is 0.214 e. The zero-order valence-electron chi connectivity index (χ0n) is 12.2. The van der Waals surface area contributed by atoms with E-state index in [4.69, 9.17) is 4.74 Å². The van der Waals surface area contributed by atoms with Gasteiger partial charge in [0.2, 0.25) is 5.88 Å². The molecule has 106 valence electrons. The molecule has 1 aromatic heterocycles. The van der Waals surface area contributed by atoms with Gasteiger partial charge in [0, 0.05) is 24.0 Å². The van der Waals surface area contributed by atoms with E-state index in [1.165, 1.54) is 10.9 Å². The number of rotatable bonds is 7. The summed E-state index contributed by atoms with van der Waals surface area (Å²) in [7, 11) is 0. The second-order valence-electron chi connectivity index (χ2n) is 5.10. The topological polar surface area (TPSA) is 34.1 Å². The van der Waals surface area contributed by atoms with E-state index in [1.807, 2.05) is 30.3 Å². The van der Waals surface area contributed by atoms with Crippen molar-refractivity contribution >= 4 is 10.9 Å². The molecule has 0 amide bonds. The third-order valence-electron chi connectivity index (χ3n) is 3.05. The van der Waals surface area contributed by atoms with Crippen molar-refractivity contribution in [3.8, 4) is 5.88 Å². The molecule has 20 heavy (non-hydrogen) atoms. The van der Waals surface area contributed by atoms with Crippen LogP contribution in [0.2, 0.25) is 0 Å². The van der Waals surface area contributed by atoms with Crippen LogP contribution < -0.4 is 10.1 Å². The average molecular weight is 270 g/mol. The number of benzene rings is 1. The molecule has 0 fully saturated rings. The van der Waals surface area contributed by atoms with E-state index in [0.29, 0.717) is 18.5 Å². The van der Waals surface area contributed by atoms with Crippen LogP contribution in [-0.4, -0.2) is 17.6 Å². The van der Waals surface area contributed by atoms with E-state index in [2.05, 4.69) is 36.8 Å². The van der Waals surface area contributed by atoms with Crippen LogP contribution in [0, 0.1) is 0 Å². The van der Waals surface area contributed by atoms with Crippen LogP contribution in [0.3, 0.4) is 0 Å². The van der Waals surface area contributed by atoms with Crippen molar-refractivity contribution in [2.24, 2.45) is 0 Å². The highest BCUT2D eigenvalue weighted by molar-refractivity contribution is 5.82. The van der Waals surface area contributed by atoms with Gasteiger partial charge in [0.05, 0.1) is 12.1 Å². The summed E-state index contributed by atoms with van der Waals surface area (Å²) in [5.74, 6) is 0.686. The van der Waals surface area contributed by atoms with Crippen LogP contribution in [0.15, 0.2) is 43.0 Å². The molecule has 2 rings (SSSR count). The van der Waals surface area contributed by atoms with Crippen molar-refractivity contribution in [3.63, 3.8) is 0 Å². The second kappa shape index (κ2) is 7.06. The Morgan fingerprint density at radius 1 is 1.35 bits per heavy atom. The number of hydrogen-bond donors (Lipinski definition) is 1. The number of nitrogens with one attached hydrogen (secondary N) is 1. The number of aromatic nitrogens is 1. The molecule has 1 aromatic carbocycles. The van der Waals surface area contributed by atoms with Crippen LogP contribution in [0.4, 0.5) is 0 Å². The first-order chi connectivity index (χ1) is 9.70. The number of pyridine rings is 1. The van der Waals surface area contributed by atoms with Crippen LogP contribution in [-0.2, 0) is 6.54 Å². The van der Waals surface area contributed by atoms with Crippen molar-refractivity contribution in [2.75, 3.05) is 6.61 Å². The van der Waals surface area contributed by atoms with Crippen LogP contribution in [0.1, 0.15) is 25.8 Å². The lowest BCUT2D eigenvalue weighted by molar-refractivity contribution is 0.313. The highest BCUT2D eigenvalue weighted by Crippen LogP contribution is 2.22. The summed E-state index contributed by atoms with van der Waals surface area (Å²) in [5.41, 5.74) is 2.20. The van der Waals surface area contributed by atoms with Crippen molar-refractivity contribution in [1.29, 1.82) is 0 Å². The molecule has 0 unspecified atom stereocenters. The van der Waals surface area contributed by atoms with Crippen molar-refractivity contribution in [3.05, 3.63) is 48.6 Å². The van der Waals surface area contributed by atoms with Gasteiger partial charge in [-0.3, -0.25) is 0 Å². The van der Waals surface area contributed by atoms with Gasteiger partial charge in [0.25, 0.3) is 0 Å². The molecule has 3 nitrogen and oxygen atoms in total. The summed E-state index contributed by atoms with van der Waals surface area (Å²) in [5, 5.41) is 4.63. The number of hydrogen-bond acceptors (Lipinski definition) is 3. The fourth-order valence-corrected chi connectivity index (χ4v) is 2.00. The van der Waals surface area contributed by atoms with E-state index in [0.717, 1.165) is 18.5 Å². The summed E-state index contributed by atoms with van der Waals surface area (Å²) in [6, 6.07) is 10.7. The number of fused-ring (bicyclic) bond motifs is 1. The monoisotopic (exact) mass is 270 g/mol. The molecule has 2 aromatic rings. The first-order valence-corrected chi connectivity index (χ1v) is 7.06. The van der Waals surface area contributed by atoms with Crippen LogP contribution in [0.25, 0.3) is 10.9 Å². The maximum atomic E-state index is 5.69. The predicted molar refractivity (Wildman–Crippen MR) is 84.0 cm³/mol. The lowest BCUT2D eigenvalue weighted by Crippen LogP contribution is -2.22. The maximum absolute atomic E-state index is 5.69. The fourth-order valence-electron chi connectivity index (χ4n) is 2.00. The summed E-state index contributed by atoms with van der Waals surface area (Å²) in [6.07, 6.45) is 2.68. The molecular weight excluding hydrogens is 248 g/mol. The number of ether oxygens (including phenoxy) is 1. The average Bonchev–Trinajstić information content (AvgIpc) is 2.45. The zero-order chi connectivity index (χ0) is 14.4.